The number of hydrogen-bond donors (Lipinski definition) is 1. The maximum atomic E-state index is 6.28. The molecule has 0 heterocycles. The Morgan fingerprint density at radius 1 is 0.933 bits per heavy atom. The summed E-state index contributed by atoms with van der Waals surface area (Å²) < 4.78 is 5.45. The summed E-state index contributed by atoms with van der Waals surface area (Å²) in [6, 6.07) is 22.5. The maximum Gasteiger partial charge on any atom is 0.119 e. The van der Waals surface area contributed by atoms with Crippen molar-refractivity contribution >= 4 is 35.4 Å². The third kappa shape index (κ3) is 6.37. The van der Waals surface area contributed by atoms with Crippen molar-refractivity contribution in [3.05, 3.63) is 99.0 Å². The van der Waals surface area contributed by atoms with E-state index in [9.17, 15) is 0 Å². The van der Waals surface area contributed by atoms with Gasteiger partial charge in [0.2, 0.25) is 0 Å². The first kappa shape index (κ1) is 22.4. The van der Waals surface area contributed by atoms with Gasteiger partial charge in [-0.15, -0.1) is 0 Å². The molecular weight excluding hydrogens is 413 g/mol. The van der Waals surface area contributed by atoms with Crippen molar-refractivity contribution in [3.63, 3.8) is 0 Å². The molecule has 0 aliphatic rings. The van der Waals surface area contributed by atoms with Gasteiger partial charge in [0.25, 0.3) is 0 Å². The van der Waals surface area contributed by atoms with Gasteiger partial charge in [-0.25, -0.2) is 0 Å². The molecule has 3 rings (SSSR count). The first-order valence-corrected chi connectivity index (χ1v) is 10.9. The van der Waals surface area contributed by atoms with Crippen molar-refractivity contribution in [3.8, 4) is 5.75 Å². The van der Waals surface area contributed by atoms with Gasteiger partial charge in [0, 0.05) is 16.1 Å². The highest BCUT2D eigenvalue weighted by molar-refractivity contribution is 6.35. The highest BCUT2D eigenvalue weighted by Crippen LogP contribution is 2.25. The predicted octanol–water partition coefficient (Wildman–Crippen LogP) is 6.94. The van der Waals surface area contributed by atoms with Crippen LogP contribution in [0.1, 0.15) is 29.2 Å². The molecule has 3 aromatic carbocycles. The van der Waals surface area contributed by atoms with E-state index in [2.05, 4.69) is 48.7 Å². The monoisotopic (exact) mass is 439 g/mol. The number of halogens is 2. The molecule has 3 aromatic rings. The van der Waals surface area contributed by atoms with Gasteiger partial charge in [-0.2, -0.15) is 0 Å². The minimum atomic E-state index is 0.294. The number of nitrogens with one attached hydrogen (secondary N) is 1. The standard InChI is InChI=1S/C26H27Cl2NO/c1-19(29-16-15-24-25(27)9-6-10-26(24)28)17-22-18-23(30-2)14-13-21(22)12-11-20-7-4-3-5-8-20/h3-14,18-19,29H,15-17H2,1-2H3. The van der Waals surface area contributed by atoms with Gasteiger partial charge < -0.3 is 10.1 Å². The highest BCUT2D eigenvalue weighted by Gasteiger charge is 2.10. The van der Waals surface area contributed by atoms with Gasteiger partial charge in [-0.1, -0.05) is 77.8 Å². The Morgan fingerprint density at radius 2 is 1.67 bits per heavy atom. The smallest absolute Gasteiger partial charge is 0.119 e. The van der Waals surface area contributed by atoms with E-state index in [1.54, 1.807) is 7.11 Å². The second kappa shape index (κ2) is 11.2. The molecule has 0 spiro atoms. The molecule has 0 saturated carbocycles. The van der Waals surface area contributed by atoms with Gasteiger partial charge >= 0.3 is 0 Å². The molecule has 4 heteroatoms. The lowest BCUT2D eigenvalue weighted by atomic mass is 9.99. The number of hydrogen-bond acceptors (Lipinski definition) is 2. The minimum absolute atomic E-state index is 0.294. The number of ether oxygens (including phenoxy) is 1. The van der Waals surface area contributed by atoms with Crippen LogP contribution >= 0.6 is 23.2 Å². The third-order valence-corrected chi connectivity index (χ3v) is 5.77. The summed E-state index contributed by atoms with van der Waals surface area (Å²) in [5.74, 6) is 0.872. The molecule has 0 bridgehead atoms. The topological polar surface area (TPSA) is 21.3 Å². The lowest BCUT2D eigenvalue weighted by Crippen LogP contribution is -2.30. The van der Waals surface area contributed by atoms with Gasteiger partial charge in [0.05, 0.1) is 7.11 Å². The van der Waals surface area contributed by atoms with Crippen LogP contribution < -0.4 is 10.1 Å². The van der Waals surface area contributed by atoms with Crippen LogP contribution in [0.25, 0.3) is 12.2 Å². The van der Waals surface area contributed by atoms with Crippen LogP contribution in [-0.2, 0) is 12.8 Å². The molecule has 0 amide bonds. The SMILES string of the molecule is COc1ccc(C=Cc2ccccc2)c(CC(C)NCCc2c(Cl)cccc2Cl)c1. The zero-order chi connectivity index (χ0) is 21.3. The van der Waals surface area contributed by atoms with Crippen molar-refractivity contribution in [2.75, 3.05) is 13.7 Å². The van der Waals surface area contributed by atoms with E-state index >= 15 is 0 Å². The molecule has 0 fully saturated rings. The quantitative estimate of drug-likeness (QED) is 0.364. The molecule has 156 valence electrons. The Balaban J connectivity index is 1.66. The molecule has 0 saturated heterocycles. The summed E-state index contributed by atoms with van der Waals surface area (Å²) in [5, 5.41) is 5.03. The average molecular weight is 440 g/mol. The molecule has 0 aliphatic carbocycles. The fraction of sp³-hybridized carbons (Fsp3) is 0.231. The Hall–Kier alpha value is -2.26. The molecular formula is C26H27Cl2NO. The first-order chi connectivity index (χ1) is 14.6. The molecule has 30 heavy (non-hydrogen) atoms. The lowest BCUT2D eigenvalue weighted by molar-refractivity contribution is 0.414. The average Bonchev–Trinajstić information content (AvgIpc) is 2.75. The summed E-state index contributed by atoms with van der Waals surface area (Å²) in [6.07, 6.45) is 5.99. The van der Waals surface area contributed by atoms with Crippen LogP contribution in [0, 0.1) is 0 Å². The van der Waals surface area contributed by atoms with Crippen LogP contribution in [0.15, 0.2) is 66.7 Å². The summed E-state index contributed by atoms with van der Waals surface area (Å²) in [6.45, 7) is 3.00. The number of rotatable bonds is 9. The molecule has 0 aliphatic heterocycles. The lowest BCUT2D eigenvalue weighted by Gasteiger charge is -2.17. The van der Waals surface area contributed by atoms with E-state index in [-0.39, 0.29) is 0 Å². The highest BCUT2D eigenvalue weighted by atomic mass is 35.5. The van der Waals surface area contributed by atoms with E-state index < -0.39 is 0 Å². The van der Waals surface area contributed by atoms with Crippen LogP contribution in [0.4, 0.5) is 0 Å². The van der Waals surface area contributed by atoms with Crippen molar-refractivity contribution in [1.82, 2.24) is 5.32 Å². The molecule has 1 unspecified atom stereocenters. The van der Waals surface area contributed by atoms with E-state index in [4.69, 9.17) is 27.9 Å². The second-order valence-electron chi connectivity index (χ2n) is 7.32. The first-order valence-electron chi connectivity index (χ1n) is 10.1. The van der Waals surface area contributed by atoms with Crippen LogP contribution in [0.5, 0.6) is 5.75 Å². The van der Waals surface area contributed by atoms with Crippen LogP contribution in [-0.4, -0.2) is 19.7 Å². The fourth-order valence-corrected chi connectivity index (χ4v) is 4.00. The maximum absolute atomic E-state index is 6.28. The van der Waals surface area contributed by atoms with Gasteiger partial charge in [0.1, 0.15) is 5.75 Å². The van der Waals surface area contributed by atoms with Gasteiger partial charge in [-0.3, -0.25) is 0 Å². The number of benzene rings is 3. The molecule has 1 N–H and O–H groups in total. The van der Waals surface area contributed by atoms with Crippen LogP contribution in [0.2, 0.25) is 10.0 Å². The van der Waals surface area contributed by atoms with Crippen LogP contribution in [0.3, 0.4) is 0 Å². The van der Waals surface area contributed by atoms with E-state index in [0.717, 1.165) is 40.7 Å². The molecule has 0 aromatic heterocycles. The summed E-state index contributed by atoms with van der Waals surface area (Å²) in [5.41, 5.74) is 4.62. The molecule has 1 atom stereocenters. The Labute approximate surface area is 189 Å². The largest absolute Gasteiger partial charge is 0.497 e. The van der Waals surface area contributed by atoms with Gasteiger partial charge in [-0.05, 0) is 72.8 Å². The van der Waals surface area contributed by atoms with E-state index in [0.29, 0.717) is 6.04 Å². The predicted molar refractivity (Wildman–Crippen MR) is 130 cm³/mol. The zero-order valence-corrected chi connectivity index (χ0v) is 18.9. The number of methoxy groups -OCH3 is 1. The Morgan fingerprint density at radius 3 is 2.37 bits per heavy atom. The third-order valence-electron chi connectivity index (χ3n) is 5.06. The van der Waals surface area contributed by atoms with Crippen molar-refractivity contribution in [2.24, 2.45) is 0 Å². The molecule has 0 radical (unpaired) electrons. The normalized spacial score (nSPS) is 12.3. The minimum Gasteiger partial charge on any atom is -0.497 e. The van der Waals surface area contributed by atoms with Crippen molar-refractivity contribution in [2.45, 2.75) is 25.8 Å². The summed E-state index contributed by atoms with van der Waals surface area (Å²) in [7, 11) is 1.70. The van der Waals surface area contributed by atoms with E-state index in [1.165, 1.54) is 16.7 Å². The summed E-state index contributed by atoms with van der Waals surface area (Å²) in [4.78, 5) is 0. The Kier molecular flexibility index (Phi) is 8.39. The molecule has 2 nitrogen and oxygen atoms in total. The van der Waals surface area contributed by atoms with E-state index in [1.807, 2.05) is 42.5 Å². The fourth-order valence-electron chi connectivity index (χ4n) is 3.42. The van der Waals surface area contributed by atoms with Crippen molar-refractivity contribution in [1.29, 1.82) is 0 Å². The van der Waals surface area contributed by atoms with Crippen molar-refractivity contribution < 1.29 is 4.74 Å². The summed E-state index contributed by atoms with van der Waals surface area (Å²) >= 11 is 12.6. The zero-order valence-electron chi connectivity index (χ0n) is 17.4. The van der Waals surface area contributed by atoms with Gasteiger partial charge in [0.15, 0.2) is 0 Å². The Bertz CT molecular complexity index is 965. The second-order valence-corrected chi connectivity index (χ2v) is 8.13.